The van der Waals surface area contributed by atoms with Crippen LogP contribution in [0.15, 0.2) is 6.20 Å². The maximum Gasteiger partial charge on any atom is 0.270 e. The van der Waals surface area contributed by atoms with Crippen LogP contribution >= 0.6 is 0 Å². The van der Waals surface area contributed by atoms with Crippen LogP contribution in [0.4, 0.5) is 5.82 Å². The Labute approximate surface area is 81.4 Å². The molecule has 7 nitrogen and oxygen atoms in total. The predicted molar refractivity (Wildman–Crippen MR) is 52.2 cm³/mol. The number of carbonyl (C=O) groups is 1. The van der Waals surface area contributed by atoms with Gasteiger partial charge in [-0.15, -0.1) is 0 Å². The van der Waals surface area contributed by atoms with Crippen molar-refractivity contribution in [2.45, 2.75) is 6.54 Å². The third-order valence-electron chi connectivity index (χ3n) is 1.83. The summed E-state index contributed by atoms with van der Waals surface area (Å²) in [4.78, 5) is 11.1. The molecule has 0 spiro atoms. The summed E-state index contributed by atoms with van der Waals surface area (Å²) in [5.41, 5.74) is 7.98. The lowest BCUT2D eigenvalue weighted by Crippen LogP contribution is -2.30. The normalized spacial score (nSPS) is 10.1. The average molecular weight is 198 g/mol. The van der Waals surface area contributed by atoms with Gasteiger partial charge in [0.2, 0.25) is 0 Å². The molecule has 0 fully saturated rings. The van der Waals surface area contributed by atoms with Gasteiger partial charge in [0.25, 0.3) is 5.91 Å². The number of hydrogen-bond acceptors (Lipinski definition) is 5. The second-order valence-electron chi connectivity index (χ2n) is 2.74. The first-order valence-corrected chi connectivity index (χ1v) is 4.17. The summed E-state index contributed by atoms with van der Waals surface area (Å²) < 4.78 is 1.54. The van der Waals surface area contributed by atoms with E-state index in [1.807, 2.05) is 12.5 Å². The van der Waals surface area contributed by atoms with Crippen LogP contribution < -0.4 is 22.3 Å². The SMILES string of the molecule is CNCCn1ncc(C(=O)NN)c1N. The van der Waals surface area contributed by atoms with Gasteiger partial charge in [0, 0.05) is 6.54 Å². The highest BCUT2D eigenvalue weighted by Gasteiger charge is 2.13. The van der Waals surface area contributed by atoms with Crippen molar-refractivity contribution in [1.82, 2.24) is 20.5 Å². The highest BCUT2D eigenvalue weighted by Crippen LogP contribution is 2.09. The molecule has 0 saturated heterocycles. The summed E-state index contributed by atoms with van der Waals surface area (Å²) in [5, 5.41) is 6.91. The van der Waals surface area contributed by atoms with Crippen molar-refractivity contribution in [3.8, 4) is 0 Å². The molecule has 7 heteroatoms. The summed E-state index contributed by atoms with van der Waals surface area (Å²) in [5.74, 6) is 4.87. The summed E-state index contributed by atoms with van der Waals surface area (Å²) in [7, 11) is 1.83. The maximum absolute atomic E-state index is 11.1. The summed E-state index contributed by atoms with van der Waals surface area (Å²) in [6.45, 7) is 1.34. The molecule has 1 aromatic rings. The number of nitrogens with two attached hydrogens (primary N) is 2. The fourth-order valence-corrected chi connectivity index (χ4v) is 1.04. The van der Waals surface area contributed by atoms with E-state index in [4.69, 9.17) is 11.6 Å². The standard InChI is InChI=1S/C7H14N6O/c1-10-2-3-13-6(8)5(4-11-13)7(14)12-9/h4,10H,2-3,8-9H2,1H3,(H,12,14). The lowest BCUT2D eigenvalue weighted by atomic mass is 10.3. The Balaban J connectivity index is 2.80. The van der Waals surface area contributed by atoms with Crippen LogP contribution in [0.25, 0.3) is 0 Å². The molecule has 14 heavy (non-hydrogen) atoms. The fraction of sp³-hybridized carbons (Fsp3) is 0.429. The number of amides is 1. The number of nitrogen functional groups attached to an aromatic ring is 2. The van der Waals surface area contributed by atoms with Gasteiger partial charge in [0.05, 0.1) is 12.7 Å². The van der Waals surface area contributed by atoms with Gasteiger partial charge in [0.1, 0.15) is 11.4 Å². The Morgan fingerprint density at radius 2 is 2.43 bits per heavy atom. The Bertz CT molecular complexity index is 320. The number of rotatable bonds is 4. The molecule has 6 N–H and O–H groups in total. The van der Waals surface area contributed by atoms with Crippen LogP contribution in [-0.2, 0) is 6.54 Å². The number of carbonyl (C=O) groups excluding carboxylic acids is 1. The number of hydrazine groups is 1. The van der Waals surface area contributed by atoms with Crippen molar-refractivity contribution in [1.29, 1.82) is 0 Å². The van der Waals surface area contributed by atoms with E-state index in [0.29, 0.717) is 17.9 Å². The van der Waals surface area contributed by atoms with E-state index in [-0.39, 0.29) is 0 Å². The Kier molecular flexibility index (Phi) is 3.43. The van der Waals surface area contributed by atoms with Crippen molar-refractivity contribution in [3.63, 3.8) is 0 Å². The van der Waals surface area contributed by atoms with Crippen LogP contribution in [0.5, 0.6) is 0 Å². The Morgan fingerprint density at radius 1 is 1.71 bits per heavy atom. The molecule has 0 aliphatic heterocycles. The molecule has 0 radical (unpaired) electrons. The maximum atomic E-state index is 11.1. The molecule has 0 aliphatic carbocycles. The minimum Gasteiger partial charge on any atom is -0.383 e. The zero-order chi connectivity index (χ0) is 10.6. The van der Waals surface area contributed by atoms with Crippen LogP contribution in [0.1, 0.15) is 10.4 Å². The molecule has 0 aromatic carbocycles. The molecule has 0 aliphatic rings. The van der Waals surface area contributed by atoms with Crippen molar-refractivity contribution in [2.75, 3.05) is 19.3 Å². The van der Waals surface area contributed by atoms with Gasteiger partial charge in [-0.2, -0.15) is 5.10 Å². The van der Waals surface area contributed by atoms with Gasteiger partial charge >= 0.3 is 0 Å². The number of nitrogens with one attached hydrogen (secondary N) is 2. The zero-order valence-electron chi connectivity index (χ0n) is 7.95. The largest absolute Gasteiger partial charge is 0.383 e. The van der Waals surface area contributed by atoms with Gasteiger partial charge in [0.15, 0.2) is 0 Å². The van der Waals surface area contributed by atoms with Crippen LogP contribution in [-0.4, -0.2) is 29.3 Å². The second-order valence-corrected chi connectivity index (χ2v) is 2.74. The van der Waals surface area contributed by atoms with Gasteiger partial charge in [-0.25, -0.2) is 10.5 Å². The molecule has 1 rings (SSSR count). The summed E-state index contributed by atoms with van der Waals surface area (Å²) >= 11 is 0. The second kappa shape index (κ2) is 4.58. The average Bonchev–Trinajstić information content (AvgIpc) is 2.56. The molecular weight excluding hydrogens is 184 g/mol. The Morgan fingerprint density at radius 3 is 3.00 bits per heavy atom. The topological polar surface area (TPSA) is 111 Å². The van der Waals surface area contributed by atoms with E-state index in [9.17, 15) is 4.79 Å². The fourth-order valence-electron chi connectivity index (χ4n) is 1.04. The first-order valence-electron chi connectivity index (χ1n) is 4.17. The van der Waals surface area contributed by atoms with Crippen molar-refractivity contribution in [2.24, 2.45) is 5.84 Å². The number of likely N-dealkylation sites (N-methyl/N-ethyl adjacent to an activating group) is 1. The quantitative estimate of drug-likeness (QED) is 0.261. The smallest absolute Gasteiger partial charge is 0.270 e. The monoisotopic (exact) mass is 198 g/mol. The van der Waals surface area contributed by atoms with Crippen molar-refractivity contribution >= 4 is 11.7 Å². The molecule has 1 aromatic heterocycles. The minimum absolute atomic E-state index is 0.295. The highest BCUT2D eigenvalue weighted by molar-refractivity contribution is 5.97. The third kappa shape index (κ3) is 2.01. The molecule has 0 saturated carbocycles. The van der Waals surface area contributed by atoms with E-state index in [2.05, 4.69) is 10.4 Å². The first kappa shape index (κ1) is 10.5. The van der Waals surface area contributed by atoms with E-state index < -0.39 is 5.91 Å². The molecule has 0 bridgehead atoms. The van der Waals surface area contributed by atoms with Crippen molar-refractivity contribution < 1.29 is 4.79 Å². The molecule has 1 heterocycles. The lowest BCUT2D eigenvalue weighted by molar-refractivity contribution is 0.0954. The summed E-state index contributed by atoms with van der Waals surface area (Å²) in [6.07, 6.45) is 1.40. The third-order valence-corrected chi connectivity index (χ3v) is 1.83. The lowest BCUT2D eigenvalue weighted by Gasteiger charge is -2.03. The molecule has 78 valence electrons. The number of nitrogens with zero attached hydrogens (tertiary/aromatic N) is 2. The summed E-state index contributed by atoms with van der Waals surface area (Å²) in [6, 6.07) is 0. The molecule has 0 unspecified atom stereocenters. The molecule has 0 atom stereocenters. The van der Waals surface area contributed by atoms with Gasteiger partial charge in [-0.3, -0.25) is 10.2 Å². The Hall–Kier alpha value is -1.60. The van der Waals surface area contributed by atoms with Gasteiger partial charge in [-0.1, -0.05) is 0 Å². The zero-order valence-corrected chi connectivity index (χ0v) is 7.95. The molecular formula is C7H14N6O. The predicted octanol–water partition coefficient (Wildman–Crippen LogP) is -1.71. The minimum atomic E-state index is -0.432. The number of hydrogen-bond donors (Lipinski definition) is 4. The number of anilines is 1. The number of aromatic nitrogens is 2. The first-order chi connectivity index (χ1) is 6.70. The van der Waals surface area contributed by atoms with E-state index >= 15 is 0 Å². The highest BCUT2D eigenvalue weighted by atomic mass is 16.2. The van der Waals surface area contributed by atoms with Crippen LogP contribution in [0.3, 0.4) is 0 Å². The van der Waals surface area contributed by atoms with Gasteiger partial charge in [-0.05, 0) is 7.05 Å². The van der Waals surface area contributed by atoms with Crippen LogP contribution in [0, 0.1) is 0 Å². The van der Waals surface area contributed by atoms with E-state index in [0.717, 1.165) is 6.54 Å². The van der Waals surface area contributed by atoms with Crippen LogP contribution in [0.2, 0.25) is 0 Å². The van der Waals surface area contributed by atoms with E-state index in [1.165, 1.54) is 6.20 Å². The molecule has 1 amide bonds. The van der Waals surface area contributed by atoms with E-state index in [1.54, 1.807) is 4.68 Å². The van der Waals surface area contributed by atoms with Crippen molar-refractivity contribution in [3.05, 3.63) is 11.8 Å². The van der Waals surface area contributed by atoms with Gasteiger partial charge < -0.3 is 11.1 Å².